The van der Waals surface area contributed by atoms with Crippen molar-refractivity contribution in [1.82, 2.24) is 9.55 Å². The maximum atomic E-state index is 4.86. The molecule has 4 aromatic carbocycles. The van der Waals surface area contributed by atoms with E-state index in [1.807, 2.05) is 6.20 Å². The van der Waals surface area contributed by atoms with Crippen molar-refractivity contribution in [2.75, 3.05) is 16.5 Å². The Morgan fingerprint density at radius 3 is 2.19 bits per heavy atom. The van der Waals surface area contributed by atoms with Crippen LogP contribution in [-0.4, -0.2) is 22.3 Å². The lowest BCUT2D eigenvalue weighted by atomic mass is 9.77. The molecule has 0 radical (unpaired) electrons. The molecule has 3 heterocycles. The van der Waals surface area contributed by atoms with E-state index in [2.05, 4.69) is 159 Å². The predicted molar refractivity (Wildman–Crippen MR) is 182 cm³/mol. The summed E-state index contributed by atoms with van der Waals surface area (Å²) in [7, 11) is 0. The van der Waals surface area contributed by atoms with Crippen LogP contribution in [-0.2, 0) is 5.41 Å². The third kappa shape index (κ3) is 4.48. The summed E-state index contributed by atoms with van der Waals surface area (Å²) in [5, 5.41) is 2.51. The highest BCUT2D eigenvalue weighted by Crippen LogP contribution is 2.43. The topological polar surface area (TPSA) is 24.3 Å². The summed E-state index contributed by atoms with van der Waals surface area (Å²) in [6.07, 6.45) is 1.95. The number of benzene rings is 4. The largest absolute Gasteiger partial charge is 0.349 e. The van der Waals surface area contributed by atoms with E-state index in [1.165, 1.54) is 55.6 Å². The lowest BCUT2D eigenvalue weighted by molar-refractivity contribution is 0.641. The van der Waals surface area contributed by atoms with Crippen LogP contribution in [0, 0.1) is 0 Å². The lowest BCUT2D eigenvalue weighted by Gasteiger charge is -2.29. The van der Waals surface area contributed by atoms with Crippen molar-refractivity contribution in [2.24, 2.45) is 0 Å². The Balaban J connectivity index is 1.34. The third-order valence-corrected chi connectivity index (χ3v) is 9.34. The van der Waals surface area contributed by atoms with Crippen LogP contribution >= 0.6 is 0 Å². The standard InChI is InChI=1S/C39H40N4/c1-26(2)28-20-21-40-38(22-28)43-34-15-8-7-14-32(34)33-19-18-30(24-37(33)43)39(5,6)29-12-11-13-31(23-29)42-25-41(27(3)4)35-16-9-10-17-36(35)42/h7-24,26-27H,25H2,1-6H3. The molecule has 4 heteroatoms. The second-order valence-corrected chi connectivity index (χ2v) is 13.0. The molecule has 1 aliphatic rings. The van der Waals surface area contributed by atoms with E-state index >= 15 is 0 Å². The first kappa shape index (κ1) is 27.3. The maximum Gasteiger partial charge on any atom is 0.137 e. The summed E-state index contributed by atoms with van der Waals surface area (Å²) < 4.78 is 2.34. The number of rotatable bonds is 6. The highest BCUT2D eigenvalue weighted by Gasteiger charge is 2.30. The SMILES string of the molecule is CC(C)c1ccnc(-n2c3ccccc3c3ccc(C(C)(C)c4cccc(N5CN(C(C)C)c6ccccc65)c4)cc32)c1. The van der Waals surface area contributed by atoms with Gasteiger partial charge in [0.2, 0.25) is 0 Å². The second kappa shape index (κ2) is 10.3. The van der Waals surface area contributed by atoms with Crippen molar-refractivity contribution in [1.29, 1.82) is 0 Å². The molecular weight excluding hydrogens is 524 g/mol. The van der Waals surface area contributed by atoms with Crippen LogP contribution in [0.5, 0.6) is 0 Å². The molecule has 4 nitrogen and oxygen atoms in total. The van der Waals surface area contributed by atoms with E-state index in [0.29, 0.717) is 12.0 Å². The molecule has 0 saturated heterocycles. The minimum Gasteiger partial charge on any atom is -0.349 e. The number of aromatic nitrogens is 2. The first-order chi connectivity index (χ1) is 20.7. The Bertz CT molecular complexity index is 1960. The summed E-state index contributed by atoms with van der Waals surface area (Å²) in [5.74, 6) is 1.41. The fraction of sp³-hybridized carbons (Fsp3) is 0.256. The van der Waals surface area contributed by atoms with Crippen LogP contribution in [0.4, 0.5) is 17.1 Å². The van der Waals surface area contributed by atoms with Crippen molar-refractivity contribution in [3.05, 3.63) is 126 Å². The van der Waals surface area contributed by atoms with Gasteiger partial charge in [0.15, 0.2) is 0 Å². The van der Waals surface area contributed by atoms with E-state index in [1.54, 1.807) is 0 Å². The van der Waals surface area contributed by atoms with Crippen LogP contribution in [0.15, 0.2) is 109 Å². The minimum absolute atomic E-state index is 0.213. The molecule has 6 aromatic rings. The van der Waals surface area contributed by atoms with E-state index in [4.69, 9.17) is 4.98 Å². The summed E-state index contributed by atoms with van der Waals surface area (Å²) in [6.45, 7) is 14.6. The second-order valence-electron chi connectivity index (χ2n) is 13.0. The van der Waals surface area contributed by atoms with Crippen molar-refractivity contribution in [2.45, 2.75) is 58.9 Å². The minimum atomic E-state index is -0.213. The van der Waals surface area contributed by atoms with Crippen molar-refractivity contribution < 1.29 is 0 Å². The number of hydrogen-bond acceptors (Lipinski definition) is 3. The number of hydrogen-bond donors (Lipinski definition) is 0. The van der Waals surface area contributed by atoms with Crippen LogP contribution in [0.25, 0.3) is 27.6 Å². The van der Waals surface area contributed by atoms with E-state index < -0.39 is 0 Å². The zero-order valence-electron chi connectivity index (χ0n) is 26.0. The molecule has 43 heavy (non-hydrogen) atoms. The van der Waals surface area contributed by atoms with Gasteiger partial charge < -0.3 is 9.80 Å². The van der Waals surface area contributed by atoms with Gasteiger partial charge >= 0.3 is 0 Å². The summed E-state index contributed by atoms with van der Waals surface area (Å²) in [4.78, 5) is 9.78. The molecule has 0 bridgehead atoms. The summed E-state index contributed by atoms with van der Waals surface area (Å²) in [6, 6.07) is 38.4. The van der Waals surface area contributed by atoms with Gasteiger partial charge in [-0.1, -0.05) is 82.3 Å². The first-order valence-corrected chi connectivity index (χ1v) is 15.5. The molecule has 0 spiro atoms. The molecule has 216 valence electrons. The molecule has 2 aromatic heterocycles. The fourth-order valence-corrected chi connectivity index (χ4v) is 6.65. The third-order valence-electron chi connectivity index (χ3n) is 9.34. The van der Waals surface area contributed by atoms with Gasteiger partial charge in [0.05, 0.1) is 29.1 Å². The lowest BCUT2D eigenvalue weighted by Crippen LogP contribution is -2.33. The average Bonchev–Trinajstić information content (AvgIpc) is 3.57. The van der Waals surface area contributed by atoms with Gasteiger partial charge in [-0.2, -0.15) is 0 Å². The molecule has 1 aliphatic heterocycles. The highest BCUT2D eigenvalue weighted by atomic mass is 15.4. The molecule has 0 unspecified atom stereocenters. The number of pyridine rings is 1. The monoisotopic (exact) mass is 564 g/mol. The predicted octanol–water partition coefficient (Wildman–Crippen LogP) is 9.95. The van der Waals surface area contributed by atoms with Crippen LogP contribution in [0.3, 0.4) is 0 Å². The Labute approximate surface area is 255 Å². The van der Waals surface area contributed by atoms with Crippen molar-refractivity contribution in [3.63, 3.8) is 0 Å². The number of para-hydroxylation sites is 3. The molecule has 0 atom stereocenters. The summed E-state index contributed by atoms with van der Waals surface area (Å²) >= 11 is 0. The van der Waals surface area contributed by atoms with E-state index in [9.17, 15) is 0 Å². The zero-order valence-corrected chi connectivity index (χ0v) is 26.0. The van der Waals surface area contributed by atoms with E-state index in [0.717, 1.165) is 12.5 Å². The molecule has 7 rings (SSSR count). The molecule has 0 aliphatic carbocycles. The Morgan fingerprint density at radius 1 is 0.674 bits per heavy atom. The van der Waals surface area contributed by atoms with Crippen LogP contribution in [0.1, 0.15) is 64.2 Å². The van der Waals surface area contributed by atoms with Gasteiger partial charge in [0, 0.05) is 34.1 Å². The molecule has 0 saturated carbocycles. The first-order valence-electron chi connectivity index (χ1n) is 15.5. The van der Waals surface area contributed by atoms with Gasteiger partial charge in [0.25, 0.3) is 0 Å². The van der Waals surface area contributed by atoms with Gasteiger partial charge in [-0.05, 0) is 85.0 Å². The van der Waals surface area contributed by atoms with Gasteiger partial charge in [-0.25, -0.2) is 4.98 Å². The van der Waals surface area contributed by atoms with E-state index in [-0.39, 0.29) is 5.41 Å². The molecular formula is C39H40N4. The summed E-state index contributed by atoms with van der Waals surface area (Å²) in [5.41, 5.74) is 9.84. The molecule has 0 amide bonds. The van der Waals surface area contributed by atoms with Crippen molar-refractivity contribution >= 4 is 38.9 Å². The molecule has 0 fully saturated rings. The molecule has 0 N–H and O–H groups in total. The quantitative estimate of drug-likeness (QED) is 0.201. The number of fused-ring (bicyclic) bond motifs is 4. The average molecular weight is 565 g/mol. The smallest absolute Gasteiger partial charge is 0.137 e. The maximum absolute atomic E-state index is 4.86. The van der Waals surface area contributed by atoms with Crippen molar-refractivity contribution in [3.8, 4) is 5.82 Å². The Kier molecular flexibility index (Phi) is 6.54. The highest BCUT2D eigenvalue weighted by molar-refractivity contribution is 6.09. The normalized spacial score (nSPS) is 13.6. The number of anilines is 3. The Morgan fingerprint density at radius 2 is 1.40 bits per heavy atom. The zero-order chi connectivity index (χ0) is 29.9. The van der Waals surface area contributed by atoms with Gasteiger partial charge in [-0.15, -0.1) is 0 Å². The van der Waals surface area contributed by atoms with Gasteiger partial charge in [-0.3, -0.25) is 4.57 Å². The van der Waals surface area contributed by atoms with Gasteiger partial charge in [0.1, 0.15) is 5.82 Å². The van der Waals surface area contributed by atoms with Crippen LogP contribution < -0.4 is 9.80 Å². The number of nitrogens with zero attached hydrogens (tertiary/aromatic N) is 4. The van der Waals surface area contributed by atoms with Crippen LogP contribution in [0.2, 0.25) is 0 Å². The Hall–Kier alpha value is -4.57. The fourth-order valence-electron chi connectivity index (χ4n) is 6.65.